The van der Waals surface area contributed by atoms with Crippen molar-refractivity contribution in [2.75, 3.05) is 31.9 Å². The van der Waals surface area contributed by atoms with Gasteiger partial charge in [-0.2, -0.15) is 0 Å². The fourth-order valence-corrected chi connectivity index (χ4v) is 7.79. The van der Waals surface area contributed by atoms with Crippen LogP contribution in [0.3, 0.4) is 0 Å². The predicted molar refractivity (Wildman–Crippen MR) is 124 cm³/mol. The molecule has 0 radical (unpaired) electrons. The molecular weight excluding hydrogens is 408 g/mol. The van der Waals surface area contributed by atoms with Crippen LogP contribution in [0.15, 0.2) is 24.3 Å². The Kier molecular flexibility index (Phi) is 9.86. The van der Waals surface area contributed by atoms with Gasteiger partial charge in [-0.05, 0) is 62.6 Å². The number of carbonyl (C=O) groups is 1. The molecule has 1 amide bonds. The number of amides is 1. The molecule has 28 heavy (non-hydrogen) atoms. The molecule has 156 valence electrons. The standard InChI is InChI=1S/C22H33ClN2OS2/c23-20-10-4-3-9-19(20)22-27-17-12-18(28-22)8-2-5-11-21(26)24-13-16-25-14-6-1-7-15-25/h3-4,9-10,18,22H,1-2,5-8,11-17H2,(H,24,26). The monoisotopic (exact) mass is 440 g/mol. The average molecular weight is 441 g/mol. The van der Waals surface area contributed by atoms with E-state index in [0.29, 0.717) is 16.3 Å². The summed E-state index contributed by atoms with van der Waals surface area (Å²) in [5, 5.41) is 4.67. The SMILES string of the molecule is O=C(CCCCC1CCSC(c2ccccc2Cl)S1)NCCN1CCCCC1. The Hall–Kier alpha value is -0.360. The molecule has 2 atom stereocenters. The van der Waals surface area contributed by atoms with E-state index >= 15 is 0 Å². The summed E-state index contributed by atoms with van der Waals surface area (Å²) in [6, 6.07) is 8.23. The van der Waals surface area contributed by atoms with Crippen LogP contribution in [0, 0.1) is 0 Å². The van der Waals surface area contributed by atoms with Crippen LogP contribution < -0.4 is 5.32 Å². The number of piperidine rings is 1. The summed E-state index contributed by atoms with van der Waals surface area (Å²) in [5.74, 6) is 1.42. The zero-order valence-corrected chi connectivity index (χ0v) is 19.1. The number of halogens is 1. The van der Waals surface area contributed by atoms with E-state index in [0.717, 1.165) is 31.0 Å². The van der Waals surface area contributed by atoms with Crippen LogP contribution in [0.1, 0.15) is 61.5 Å². The maximum atomic E-state index is 12.1. The Balaban J connectivity index is 1.27. The summed E-state index contributed by atoms with van der Waals surface area (Å²) in [7, 11) is 0. The fraction of sp³-hybridized carbons (Fsp3) is 0.682. The Bertz CT molecular complexity index is 610. The van der Waals surface area contributed by atoms with Gasteiger partial charge < -0.3 is 10.2 Å². The topological polar surface area (TPSA) is 32.3 Å². The lowest BCUT2D eigenvalue weighted by Gasteiger charge is -2.29. The van der Waals surface area contributed by atoms with E-state index in [1.165, 1.54) is 56.5 Å². The third kappa shape index (κ3) is 7.47. The lowest BCUT2D eigenvalue weighted by Crippen LogP contribution is -2.37. The number of hydrogen-bond acceptors (Lipinski definition) is 4. The number of benzene rings is 1. The van der Waals surface area contributed by atoms with Crippen LogP contribution in [0.25, 0.3) is 0 Å². The first kappa shape index (κ1) is 22.3. The molecule has 2 saturated heterocycles. The Morgan fingerprint density at radius 2 is 2.00 bits per heavy atom. The minimum Gasteiger partial charge on any atom is -0.355 e. The maximum absolute atomic E-state index is 12.1. The van der Waals surface area contributed by atoms with Crippen molar-refractivity contribution in [1.29, 1.82) is 0 Å². The van der Waals surface area contributed by atoms with E-state index in [1.54, 1.807) is 0 Å². The normalized spacial score (nSPS) is 23.5. The molecule has 0 spiro atoms. The highest BCUT2D eigenvalue weighted by Crippen LogP contribution is 2.49. The summed E-state index contributed by atoms with van der Waals surface area (Å²) >= 11 is 10.5. The van der Waals surface area contributed by atoms with Crippen molar-refractivity contribution in [2.45, 2.75) is 61.2 Å². The van der Waals surface area contributed by atoms with Gasteiger partial charge in [-0.15, -0.1) is 23.5 Å². The number of nitrogens with zero attached hydrogens (tertiary/aromatic N) is 1. The van der Waals surface area contributed by atoms with E-state index in [-0.39, 0.29) is 5.91 Å². The number of likely N-dealkylation sites (tertiary alicyclic amines) is 1. The molecular formula is C22H33ClN2OS2. The van der Waals surface area contributed by atoms with Crippen molar-refractivity contribution in [3.63, 3.8) is 0 Å². The van der Waals surface area contributed by atoms with Crippen LogP contribution >= 0.6 is 35.1 Å². The molecule has 0 bridgehead atoms. The first-order chi connectivity index (χ1) is 13.7. The predicted octanol–water partition coefficient (Wildman–Crippen LogP) is 5.74. The van der Waals surface area contributed by atoms with Gasteiger partial charge in [0, 0.05) is 29.8 Å². The molecule has 1 aromatic rings. The Morgan fingerprint density at radius 3 is 2.82 bits per heavy atom. The van der Waals surface area contributed by atoms with Gasteiger partial charge in [0.1, 0.15) is 0 Å². The molecule has 2 unspecified atom stereocenters. The second kappa shape index (κ2) is 12.4. The molecule has 2 fully saturated rings. The highest BCUT2D eigenvalue weighted by atomic mass is 35.5. The van der Waals surface area contributed by atoms with E-state index in [2.05, 4.69) is 34.1 Å². The molecule has 0 saturated carbocycles. The van der Waals surface area contributed by atoms with Gasteiger partial charge in [-0.3, -0.25) is 4.79 Å². The molecule has 3 nitrogen and oxygen atoms in total. The van der Waals surface area contributed by atoms with Crippen LogP contribution in [-0.2, 0) is 4.79 Å². The number of thioether (sulfide) groups is 2. The lowest BCUT2D eigenvalue weighted by molar-refractivity contribution is -0.121. The van der Waals surface area contributed by atoms with Gasteiger partial charge in [0.25, 0.3) is 0 Å². The minimum atomic E-state index is 0.220. The van der Waals surface area contributed by atoms with Crippen molar-refractivity contribution in [3.8, 4) is 0 Å². The van der Waals surface area contributed by atoms with E-state index < -0.39 is 0 Å². The summed E-state index contributed by atoms with van der Waals surface area (Å²) in [6.45, 7) is 4.20. The molecule has 2 heterocycles. The zero-order valence-electron chi connectivity index (χ0n) is 16.7. The lowest BCUT2D eigenvalue weighted by atomic mass is 10.1. The summed E-state index contributed by atoms with van der Waals surface area (Å²) < 4.78 is 0.450. The number of hydrogen-bond donors (Lipinski definition) is 1. The van der Waals surface area contributed by atoms with Crippen molar-refractivity contribution < 1.29 is 4.79 Å². The summed E-state index contributed by atoms with van der Waals surface area (Å²) in [5.41, 5.74) is 1.26. The minimum absolute atomic E-state index is 0.220. The van der Waals surface area contributed by atoms with Gasteiger partial charge >= 0.3 is 0 Å². The van der Waals surface area contributed by atoms with Crippen molar-refractivity contribution >= 4 is 41.0 Å². The van der Waals surface area contributed by atoms with E-state index in [4.69, 9.17) is 11.6 Å². The van der Waals surface area contributed by atoms with E-state index in [1.807, 2.05) is 23.9 Å². The summed E-state index contributed by atoms with van der Waals surface area (Å²) in [4.78, 5) is 14.5. The van der Waals surface area contributed by atoms with Crippen LogP contribution in [0.5, 0.6) is 0 Å². The first-order valence-corrected chi connectivity index (χ1v) is 13.1. The smallest absolute Gasteiger partial charge is 0.220 e. The zero-order chi connectivity index (χ0) is 19.6. The fourth-order valence-electron chi connectivity index (χ4n) is 3.91. The van der Waals surface area contributed by atoms with Crippen LogP contribution in [0.2, 0.25) is 5.02 Å². The third-order valence-electron chi connectivity index (χ3n) is 5.56. The highest BCUT2D eigenvalue weighted by Gasteiger charge is 2.25. The van der Waals surface area contributed by atoms with Crippen molar-refractivity contribution in [3.05, 3.63) is 34.9 Å². The third-order valence-corrected chi connectivity index (χ3v) is 9.03. The number of carbonyl (C=O) groups excluding carboxylic acids is 1. The molecule has 2 aliphatic rings. The quantitative estimate of drug-likeness (QED) is 0.496. The van der Waals surface area contributed by atoms with E-state index in [9.17, 15) is 4.79 Å². The second-order valence-corrected chi connectivity index (χ2v) is 11.1. The van der Waals surface area contributed by atoms with Gasteiger partial charge in [-0.1, -0.05) is 42.6 Å². The molecule has 1 N–H and O–H groups in total. The van der Waals surface area contributed by atoms with Crippen LogP contribution in [0.4, 0.5) is 0 Å². The molecule has 3 rings (SSSR count). The average Bonchev–Trinajstić information content (AvgIpc) is 2.73. The van der Waals surface area contributed by atoms with Crippen LogP contribution in [-0.4, -0.2) is 48.0 Å². The van der Waals surface area contributed by atoms with Crippen molar-refractivity contribution in [1.82, 2.24) is 10.2 Å². The number of nitrogens with one attached hydrogen (secondary N) is 1. The number of unbranched alkanes of at least 4 members (excludes halogenated alkanes) is 1. The first-order valence-electron chi connectivity index (χ1n) is 10.7. The Labute approximate surface area is 183 Å². The Morgan fingerprint density at radius 1 is 1.18 bits per heavy atom. The van der Waals surface area contributed by atoms with Gasteiger partial charge in [0.15, 0.2) is 0 Å². The second-order valence-electron chi connectivity index (χ2n) is 7.77. The maximum Gasteiger partial charge on any atom is 0.220 e. The molecule has 6 heteroatoms. The molecule has 0 aromatic heterocycles. The van der Waals surface area contributed by atoms with Crippen molar-refractivity contribution in [2.24, 2.45) is 0 Å². The largest absolute Gasteiger partial charge is 0.355 e. The van der Waals surface area contributed by atoms with Gasteiger partial charge in [-0.25, -0.2) is 0 Å². The number of rotatable bonds is 9. The molecule has 2 aliphatic heterocycles. The summed E-state index contributed by atoms with van der Waals surface area (Å²) in [6.07, 6.45) is 9.24. The van der Waals surface area contributed by atoms with Gasteiger partial charge in [0.2, 0.25) is 5.91 Å². The van der Waals surface area contributed by atoms with Gasteiger partial charge in [0.05, 0.1) is 4.58 Å². The molecule has 0 aliphatic carbocycles. The molecule has 1 aromatic carbocycles. The highest BCUT2D eigenvalue weighted by molar-refractivity contribution is 8.17.